The number of esters is 1. The summed E-state index contributed by atoms with van der Waals surface area (Å²) >= 11 is 3.36. The molecule has 0 aromatic heterocycles. The van der Waals surface area contributed by atoms with E-state index in [0.29, 0.717) is 11.3 Å². The first-order chi connectivity index (χ1) is 13.3. The SMILES string of the molecule is COC(=O)C1=C(C)N([C@H](C)c2ccccc2)C(=O)/C1=C\c1cc(Br)ccc1O. The summed E-state index contributed by atoms with van der Waals surface area (Å²) in [5.74, 6) is -0.886. The minimum atomic E-state index is -0.589. The van der Waals surface area contributed by atoms with Crippen molar-refractivity contribution in [3.8, 4) is 5.75 Å². The molecule has 0 unspecified atom stereocenters. The van der Waals surface area contributed by atoms with Crippen LogP contribution in [0.3, 0.4) is 0 Å². The summed E-state index contributed by atoms with van der Waals surface area (Å²) in [4.78, 5) is 27.3. The summed E-state index contributed by atoms with van der Waals surface area (Å²) in [5.41, 5.74) is 2.30. The van der Waals surface area contributed by atoms with Gasteiger partial charge in [-0.25, -0.2) is 4.79 Å². The second kappa shape index (κ2) is 8.02. The maximum atomic E-state index is 13.3. The number of amides is 1. The van der Waals surface area contributed by atoms with Crippen molar-refractivity contribution < 1.29 is 19.4 Å². The van der Waals surface area contributed by atoms with Gasteiger partial charge in [-0.15, -0.1) is 0 Å². The number of methoxy groups -OCH3 is 1. The predicted molar refractivity (Wildman–Crippen MR) is 110 cm³/mol. The molecule has 1 atom stereocenters. The van der Waals surface area contributed by atoms with Gasteiger partial charge >= 0.3 is 5.97 Å². The number of aromatic hydroxyl groups is 1. The molecule has 6 heteroatoms. The second-order valence-electron chi connectivity index (χ2n) is 6.47. The van der Waals surface area contributed by atoms with Crippen molar-refractivity contribution >= 4 is 33.9 Å². The fraction of sp³-hybridized carbons (Fsp3) is 0.182. The molecule has 3 rings (SSSR count). The van der Waals surface area contributed by atoms with Crippen molar-refractivity contribution in [2.24, 2.45) is 0 Å². The molecule has 0 spiro atoms. The van der Waals surface area contributed by atoms with E-state index in [-0.39, 0.29) is 28.8 Å². The number of ether oxygens (including phenoxy) is 1. The van der Waals surface area contributed by atoms with Gasteiger partial charge in [0.25, 0.3) is 5.91 Å². The van der Waals surface area contributed by atoms with Crippen molar-refractivity contribution in [3.63, 3.8) is 0 Å². The van der Waals surface area contributed by atoms with Crippen LogP contribution in [0.2, 0.25) is 0 Å². The molecule has 2 aromatic rings. The fourth-order valence-corrected chi connectivity index (χ4v) is 3.72. The third-order valence-corrected chi connectivity index (χ3v) is 5.28. The number of benzene rings is 2. The van der Waals surface area contributed by atoms with Gasteiger partial charge in [-0.1, -0.05) is 46.3 Å². The Labute approximate surface area is 172 Å². The van der Waals surface area contributed by atoms with E-state index in [1.54, 1.807) is 24.0 Å². The maximum absolute atomic E-state index is 13.3. The van der Waals surface area contributed by atoms with Crippen LogP contribution in [0.25, 0.3) is 6.08 Å². The number of carbonyl (C=O) groups excluding carboxylic acids is 2. The summed E-state index contributed by atoms with van der Waals surface area (Å²) in [6, 6.07) is 14.2. The Balaban J connectivity index is 2.13. The summed E-state index contributed by atoms with van der Waals surface area (Å²) in [6.07, 6.45) is 1.52. The first-order valence-electron chi connectivity index (χ1n) is 8.73. The molecule has 5 nitrogen and oxygen atoms in total. The van der Waals surface area contributed by atoms with E-state index < -0.39 is 5.97 Å². The number of phenols is 1. The van der Waals surface area contributed by atoms with Crippen LogP contribution in [0.4, 0.5) is 0 Å². The smallest absolute Gasteiger partial charge is 0.340 e. The van der Waals surface area contributed by atoms with Gasteiger partial charge in [0.15, 0.2) is 0 Å². The van der Waals surface area contributed by atoms with Gasteiger partial charge < -0.3 is 14.7 Å². The zero-order valence-corrected chi connectivity index (χ0v) is 17.4. The quantitative estimate of drug-likeness (QED) is 0.556. The average Bonchev–Trinajstić information content (AvgIpc) is 2.94. The predicted octanol–water partition coefficient (Wildman–Crippen LogP) is 4.59. The number of allylic oxidation sites excluding steroid dienone is 1. The van der Waals surface area contributed by atoms with E-state index in [0.717, 1.165) is 10.0 Å². The molecular formula is C22H20BrNO4. The third kappa shape index (κ3) is 3.60. The molecule has 1 heterocycles. The van der Waals surface area contributed by atoms with Crippen molar-refractivity contribution in [1.82, 2.24) is 4.90 Å². The second-order valence-corrected chi connectivity index (χ2v) is 7.39. The molecule has 1 amide bonds. The van der Waals surface area contributed by atoms with Gasteiger partial charge in [0.05, 0.1) is 24.3 Å². The Morgan fingerprint density at radius 1 is 1.21 bits per heavy atom. The van der Waals surface area contributed by atoms with E-state index >= 15 is 0 Å². The lowest BCUT2D eigenvalue weighted by molar-refractivity contribution is -0.136. The number of hydrogen-bond acceptors (Lipinski definition) is 4. The Kier molecular flexibility index (Phi) is 5.70. The van der Waals surface area contributed by atoms with Crippen LogP contribution in [0.1, 0.15) is 31.0 Å². The first-order valence-corrected chi connectivity index (χ1v) is 9.52. The molecule has 0 saturated heterocycles. The molecule has 0 saturated carbocycles. The van der Waals surface area contributed by atoms with Crippen LogP contribution in [0, 0.1) is 0 Å². The molecule has 0 bridgehead atoms. The Hall–Kier alpha value is -2.86. The molecule has 144 valence electrons. The highest BCUT2D eigenvalue weighted by molar-refractivity contribution is 9.10. The Morgan fingerprint density at radius 2 is 1.89 bits per heavy atom. The Bertz CT molecular complexity index is 995. The minimum absolute atomic E-state index is 0.0138. The molecule has 0 radical (unpaired) electrons. The summed E-state index contributed by atoms with van der Waals surface area (Å²) in [7, 11) is 1.28. The van der Waals surface area contributed by atoms with Crippen molar-refractivity contribution in [2.45, 2.75) is 19.9 Å². The minimum Gasteiger partial charge on any atom is -0.507 e. The van der Waals surface area contributed by atoms with Crippen molar-refractivity contribution in [2.75, 3.05) is 7.11 Å². The van der Waals surface area contributed by atoms with E-state index in [9.17, 15) is 14.7 Å². The zero-order valence-electron chi connectivity index (χ0n) is 15.8. The molecule has 0 fully saturated rings. The van der Waals surface area contributed by atoms with Gasteiger partial charge in [-0.05, 0) is 43.7 Å². The van der Waals surface area contributed by atoms with Crippen LogP contribution in [0.15, 0.2) is 69.8 Å². The largest absolute Gasteiger partial charge is 0.507 e. The van der Waals surface area contributed by atoms with Gasteiger partial charge in [0.2, 0.25) is 0 Å². The summed E-state index contributed by atoms with van der Waals surface area (Å²) in [6.45, 7) is 3.64. The van der Waals surface area contributed by atoms with Crippen molar-refractivity contribution in [1.29, 1.82) is 0 Å². The van der Waals surface area contributed by atoms with Gasteiger partial charge in [0.1, 0.15) is 5.75 Å². The normalized spacial score (nSPS) is 16.6. The topological polar surface area (TPSA) is 66.8 Å². The molecule has 28 heavy (non-hydrogen) atoms. The van der Waals surface area contributed by atoms with Gasteiger partial charge in [-0.3, -0.25) is 4.79 Å². The van der Waals surface area contributed by atoms with Crippen LogP contribution in [0.5, 0.6) is 5.75 Å². The lowest BCUT2D eigenvalue weighted by atomic mass is 10.0. The fourth-order valence-electron chi connectivity index (χ4n) is 3.34. The molecule has 1 N–H and O–H groups in total. The number of carbonyl (C=O) groups is 2. The maximum Gasteiger partial charge on any atom is 0.340 e. The highest BCUT2D eigenvalue weighted by Gasteiger charge is 2.39. The molecule has 0 aliphatic carbocycles. The van der Waals surface area contributed by atoms with Crippen LogP contribution < -0.4 is 0 Å². The van der Waals surface area contributed by atoms with Crippen LogP contribution in [-0.2, 0) is 14.3 Å². The lowest BCUT2D eigenvalue weighted by Crippen LogP contribution is -2.28. The molecule has 1 aliphatic heterocycles. The third-order valence-electron chi connectivity index (χ3n) is 4.79. The molecular weight excluding hydrogens is 422 g/mol. The van der Waals surface area contributed by atoms with Crippen molar-refractivity contribution in [3.05, 3.63) is 81.0 Å². The number of halogens is 1. The lowest BCUT2D eigenvalue weighted by Gasteiger charge is -2.26. The van der Waals surface area contributed by atoms with Crippen LogP contribution in [-0.4, -0.2) is 29.0 Å². The van der Waals surface area contributed by atoms with E-state index in [1.165, 1.54) is 19.3 Å². The number of phenolic OH excluding ortho intramolecular Hbond substituents is 1. The highest BCUT2D eigenvalue weighted by Crippen LogP contribution is 2.38. The number of hydrogen-bond donors (Lipinski definition) is 1. The summed E-state index contributed by atoms with van der Waals surface area (Å²) in [5, 5.41) is 10.2. The monoisotopic (exact) mass is 441 g/mol. The van der Waals surface area contributed by atoms with E-state index in [1.807, 2.05) is 37.3 Å². The zero-order chi connectivity index (χ0) is 20.4. The van der Waals surface area contributed by atoms with Gasteiger partial charge in [0, 0.05) is 15.7 Å². The molecule has 2 aromatic carbocycles. The average molecular weight is 442 g/mol. The Morgan fingerprint density at radius 3 is 2.54 bits per heavy atom. The molecule has 1 aliphatic rings. The van der Waals surface area contributed by atoms with Gasteiger partial charge in [-0.2, -0.15) is 0 Å². The number of nitrogens with zero attached hydrogens (tertiary/aromatic N) is 1. The number of rotatable bonds is 4. The standard InChI is InChI=1S/C22H20BrNO4/c1-13(15-7-5-4-6-8-15)24-14(2)20(22(27)28-3)18(21(24)26)12-16-11-17(23)9-10-19(16)25/h4-13,25H,1-3H3/b18-12-/t13-/m1/s1. The van der Waals surface area contributed by atoms with Crippen LogP contribution >= 0.6 is 15.9 Å². The first kappa shape index (κ1) is 19.9. The summed E-state index contributed by atoms with van der Waals surface area (Å²) < 4.78 is 5.67. The highest BCUT2D eigenvalue weighted by atomic mass is 79.9. The van der Waals surface area contributed by atoms with E-state index in [4.69, 9.17) is 4.74 Å². The van der Waals surface area contributed by atoms with E-state index in [2.05, 4.69) is 15.9 Å².